The molecule has 0 fully saturated rings. The highest BCUT2D eigenvalue weighted by Crippen LogP contribution is 2.38. The molecule has 132 valence electrons. The first kappa shape index (κ1) is 17.0. The maximum Gasteiger partial charge on any atom is 0.308 e. The summed E-state index contributed by atoms with van der Waals surface area (Å²) in [6, 6.07) is 33.1. The van der Waals surface area contributed by atoms with E-state index in [-0.39, 0.29) is 11.9 Å². The number of hydrogen-bond acceptors (Lipinski definition) is 2. The maximum atomic E-state index is 11.5. The highest BCUT2D eigenvalue weighted by Gasteiger charge is 2.20. The molecule has 4 rings (SSSR count). The SMILES string of the molecule is CC(=O)Oc1ccc(C(c2ccccc2)c2ccccc2)c2ccccc12. The van der Waals surface area contributed by atoms with Gasteiger partial charge < -0.3 is 4.74 Å². The van der Waals surface area contributed by atoms with Crippen LogP contribution in [-0.4, -0.2) is 5.97 Å². The Balaban J connectivity index is 1.96. The van der Waals surface area contributed by atoms with Crippen LogP contribution in [-0.2, 0) is 4.79 Å². The van der Waals surface area contributed by atoms with Gasteiger partial charge in [-0.1, -0.05) is 91.0 Å². The number of hydrogen-bond donors (Lipinski definition) is 0. The zero-order chi connectivity index (χ0) is 18.6. The normalized spacial score (nSPS) is 10.9. The highest BCUT2D eigenvalue weighted by atomic mass is 16.5. The fourth-order valence-electron chi connectivity index (χ4n) is 3.63. The van der Waals surface area contributed by atoms with Crippen molar-refractivity contribution >= 4 is 16.7 Å². The van der Waals surface area contributed by atoms with Crippen LogP contribution in [0.25, 0.3) is 10.8 Å². The maximum absolute atomic E-state index is 11.5. The first-order valence-corrected chi connectivity index (χ1v) is 9.04. The van der Waals surface area contributed by atoms with Crippen LogP contribution in [0.15, 0.2) is 97.1 Å². The third kappa shape index (κ3) is 3.47. The Morgan fingerprint density at radius 1 is 0.667 bits per heavy atom. The van der Waals surface area contributed by atoms with Gasteiger partial charge in [-0.3, -0.25) is 4.79 Å². The largest absolute Gasteiger partial charge is 0.426 e. The van der Waals surface area contributed by atoms with E-state index >= 15 is 0 Å². The lowest BCUT2D eigenvalue weighted by atomic mass is 9.83. The molecule has 0 aromatic heterocycles. The van der Waals surface area contributed by atoms with Gasteiger partial charge in [0.1, 0.15) is 5.75 Å². The van der Waals surface area contributed by atoms with E-state index in [1.165, 1.54) is 23.6 Å². The number of carbonyl (C=O) groups is 1. The van der Waals surface area contributed by atoms with Gasteiger partial charge in [0.25, 0.3) is 0 Å². The van der Waals surface area contributed by atoms with Gasteiger partial charge >= 0.3 is 5.97 Å². The van der Waals surface area contributed by atoms with Crippen LogP contribution in [0, 0.1) is 0 Å². The first-order chi connectivity index (χ1) is 13.2. The van der Waals surface area contributed by atoms with Gasteiger partial charge in [-0.25, -0.2) is 0 Å². The van der Waals surface area contributed by atoms with Crippen molar-refractivity contribution in [3.8, 4) is 5.75 Å². The predicted octanol–water partition coefficient (Wildman–Crippen LogP) is 5.95. The fraction of sp³-hybridized carbons (Fsp3) is 0.0800. The molecule has 0 bridgehead atoms. The molecule has 0 saturated carbocycles. The van der Waals surface area contributed by atoms with Crippen LogP contribution in [0.4, 0.5) is 0 Å². The highest BCUT2D eigenvalue weighted by molar-refractivity contribution is 5.93. The van der Waals surface area contributed by atoms with Gasteiger partial charge in [0.2, 0.25) is 0 Å². The Hall–Kier alpha value is -3.39. The smallest absolute Gasteiger partial charge is 0.308 e. The van der Waals surface area contributed by atoms with Gasteiger partial charge in [-0.2, -0.15) is 0 Å². The monoisotopic (exact) mass is 352 g/mol. The number of carbonyl (C=O) groups excluding carboxylic acids is 1. The summed E-state index contributed by atoms with van der Waals surface area (Å²) >= 11 is 0. The minimum Gasteiger partial charge on any atom is -0.426 e. The third-order valence-electron chi connectivity index (χ3n) is 4.75. The predicted molar refractivity (Wildman–Crippen MR) is 109 cm³/mol. The van der Waals surface area contributed by atoms with Crippen molar-refractivity contribution < 1.29 is 9.53 Å². The minimum absolute atomic E-state index is 0.101. The van der Waals surface area contributed by atoms with E-state index in [1.54, 1.807) is 0 Å². The summed E-state index contributed by atoms with van der Waals surface area (Å²) in [4.78, 5) is 11.5. The summed E-state index contributed by atoms with van der Waals surface area (Å²) in [6.07, 6.45) is 0. The molecule has 4 aromatic rings. The average Bonchev–Trinajstić information content (AvgIpc) is 2.71. The second-order valence-electron chi connectivity index (χ2n) is 6.55. The van der Waals surface area contributed by atoms with E-state index in [9.17, 15) is 4.79 Å². The van der Waals surface area contributed by atoms with Gasteiger partial charge in [0.15, 0.2) is 0 Å². The standard InChI is InChI=1S/C25H20O2/c1-18(26)27-24-17-16-23(21-14-8-9-15-22(21)24)25(19-10-4-2-5-11-19)20-12-6-3-7-13-20/h2-17,25H,1H3. The van der Waals surface area contributed by atoms with Crippen LogP contribution in [0.1, 0.15) is 29.5 Å². The Bertz CT molecular complexity index is 1030. The summed E-state index contributed by atoms with van der Waals surface area (Å²) in [7, 11) is 0. The van der Waals surface area contributed by atoms with Crippen molar-refractivity contribution in [3.63, 3.8) is 0 Å². The Labute approximate surface area is 159 Å². The molecule has 27 heavy (non-hydrogen) atoms. The molecule has 0 aliphatic carbocycles. The van der Waals surface area contributed by atoms with Crippen LogP contribution >= 0.6 is 0 Å². The molecule has 2 nitrogen and oxygen atoms in total. The molecule has 4 aromatic carbocycles. The zero-order valence-electron chi connectivity index (χ0n) is 15.1. The summed E-state index contributed by atoms with van der Waals surface area (Å²) < 4.78 is 5.43. The van der Waals surface area contributed by atoms with E-state index < -0.39 is 0 Å². The van der Waals surface area contributed by atoms with Crippen molar-refractivity contribution in [3.05, 3.63) is 114 Å². The molecule has 0 spiro atoms. The summed E-state index contributed by atoms with van der Waals surface area (Å²) in [5, 5.41) is 2.04. The number of benzene rings is 4. The molecule has 2 heteroatoms. The lowest BCUT2D eigenvalue weighted by Gasteiger charge is -2.21. The van der Waals surface area contributed by atoms with E-state index in [2.05, 4.69) is 60.7 Å². The van der Waals surface area contributed by atoms with E-state index in [4.69, 9.17) is 4.74 Å². The number of fused-ring (bicyclic) bond motifs is 1. The fourth-order valence-corrected chi connectivity index (χ4v) is 3.63. The second kappa shape index (κ2) is 7.46. The van der Waals surface area contributed by atoms with Gasteiger partial charge in [0.05, 0.1) is 0 Å². The molecule has 0 atom stereocenters. The minimum atomic E-state index is -0.310. The number of ether oxygens (including phenoxy) is 1. The lowest BCUT2D eigenvalue weighted by Crippen LogP contribution is -2.06. The van der Waals surface area contributed by atoms with E-state index in [0.717, 1.165) is 10.8 Å². The van der Waals surface area contributed by atoms with Crippen LogP contribution in [0.5, 0.6) is 5.75 Å². The quantitative estimate of drug-likeness (QED) is 0.258. The summed E-state index contributed by atoms with van der Waals surface area (Å²) in [5.41, 5.74) is 3.65. The van der Waals surface area contributed by atoms with Crippen LogP contribution < -0.4 is 4.74 Å². The van der Waals surface area contributed by atoms with Crippen LogP contribution in [0.2, 0.25) is 0 Å². The second-order valence-corrected chi connectivity index (χ2v) is 6.55. The number of rotatable bonds is 4. The molecule has 0 heterocycles. The lowest BCUT2D eigenvalue weighted by molar-refractivity contribution is -0.131. The molecule has 0 N–H and O–H groups in total. The summed E-state index contributed by atoms with van der Waals surface area (Å²) in [6.45, 7) is 1.43. The average molecular weight is 352 g/mol. The first-order valence-electron chi connectivity index (χ1n) is 9.04. The van der Waals surface area contributed by atoms with Crippen molar-refractivity contribution in [2.24, 2.45) is 0 Å². The molecule has 0 aliphatic rings. The molecule has 0 aliphatic heterocycles. The van der Waals surface area contributed by atoms with Crippen molar-refractivity contribution in [1.29, 1.82) is 0 Å². The van der Waals surface area contributed by atoms with E-state index in [1.807, 2.05) is 36.4 Å². The topological polar surface area (TPSA) is 26.3 Å². The van der Waals surface area contributed by atoms with Crippen molar-refractivity contribution in [1.82, 2.24) is 0 Å². The Morgan fingerprint density at radius 3 is 1.74 bits per heavy atom. The molecular weight excluding hydrogens is 332 g/mol. The molecule has 0 amide bonds. The molecule has 0 unspecified atom stereocenters. The van der Waals surface area contributed by atoms with Crippen molar-refractivity contribution in [2.75, 3.05) is 0 Å². The van der Waals surface area contributed by atoms with E-state index in [0.29, 0.717) is 5.75 Å². The Morgan fingerprint density at radius 2 is 1.19 bits per heavy atom. The van der Waals surface area contributed by atoms with Gasteiger partial charge in [-0.05, 0) is 28.1 Å². The molecule has 0 radical (unpaired) electrons. The van der Waals surface area contributed by atoms with Crippen LogP contribution in [0.3, 0.4) is 0 Å². The van der Waals surface area contributed by atoms with Gasteiger partial charge in [0, 0.05) is 18.2 Å². The Kier molecular flexibility index (Phi) is 4.71. The van der Waals surface area contributed by atoms with Gasteiger partial charge in [-0.15, -0.1) is 0 Å². The number of esters is 1. The third-order valence-corrected chi connectivity index (χ3v) is 4.75. The van der Waals surface area contributed by atoms with Crippen molar-refractivity contribution in [2.45, 2.75) is 12.8 Å². The zero-order valence-corrected chi connectivity index (χ0v) is 15.1. The molecular formula is C25H20O2. The molecule has 0 saturated heterocycles. The summed E-state index contributed by atoms with van der Waals surface area (Å²) in [5.74, 6) is 0.390.